The lowest BCUT2D eigenvalue weighted by Crippen LogP contribution is -2.39. The Morgan fingerprint density at radius 3 is 2.69 bits per heavy atom. The predicted molar refractivity (Wildman–Crippen MR) is 65.5 cm³/mol. The molecule has 16 heavy (non-hydrogen) atoms. The molecule has 0 bridgehead atoms. The number of Topliss-reactive ketones (excluding diaryl/α,β-unsaturated/α-hetero) is 1. The normalized spacial score (nSPS) is 16.8. The summed E-state index contributed by atoms with van der Waals surface area (Å²) in [6, 6.07) is 5.84. The van der Waals surface area contributed by atoms with E-state index in [2.05, 4.69) is 15.9 Å². The minimum atomic E-state index is -0.110. The van der Waals surface area contributed by atoms with Crippen molar-refractivity contribution in [3.8, 4) is 0 Å². The van der Waals surface area contributed by atoms with Crippen LogP contribution in [-0.2, 0) is 9.59 Å². The van der Waals surface area contributed by atoms with Crippen LogP contribution in [-0.4, -0.2) is 18.2 Å². The van der Waals surface area contributed by atoms with Crippen molar-refractivity contribution < 1.29 is 9.59 Å². The van der Waals surface area contributed by atoms with E-state index in [1.54, 1.807) is 4.90 Å². The van der Waals surface area contributed by atoms with Crippen molar-refractivity contribution >= 4 is 33.3 Å². The minimum absolute atomic E-state index is 0.0281. The predicted octanol–water partition coefficient (Wildman–Crippen LogP) is 2.45. The summed E-state index contributed by atoms with van der Waals surface area (Å²) >= 11 is 3.45. The van der Waals surface area contributed by atoms with Gasteiger partial charge in [0.1, 0.15) is 5.78 Å². The number of anilines is 1. The van der Waals surface area contributed by atoms with Crippen molar-refractivity contribution in [3.05, 3.63) is 28.2 Å². The molecule has 1 aliphatic heterocycles. The third-order valence-corrected chi connectivity index (χ3v) is 3.29. The molecule has 1 aromatic rings. The van der Waals surface area contributed by atoms with Gasteiger partial charge in [-0.15, -0.1) is 0 Å². The highest BCUT2D eigenvalue weighted by Crippen LogP contribution is 2.29. The molecule has 3 nitrogen and oxygen atoms in total. The molecule has 1 aliphatic rings. The summed E-state index contributed by atoms with van der Waals surface area (Å²) < 4.78 is 0.898. The second-order valence-electron chi connectivity index (χ2n) is 3.97. The number of halogens is 1. The first-order chi connectivity index (χ1) is 7.58. The van der Waals surface area contributed by atoms with Gasteiger partial charge in [0.25, 0.3) is 0 Å². The highest BCUT2D eigenvalue weighted by atomic mass is 79.9. The zero-order valence-electron chi connectivity index (χ0n) is 9.00. The third kappa shape index (κ3) is 2.16. The molecule has 2 rings (SSSR count). The number of ketones is 1. The van der Waals surface area contributed by atoms with Gasteiger partial charge in [0.2, 0.25) is 5.91 Å². The van der Waals surface area contributed by atoms with Crippen LogP contribution in [0.5, 0.6) is 0 Å². The molecule has 0 radical (unpaired) electrons. The van der Waals surface area contributed by atoms with Crippen molar-refractivity contribution in [1.29, 1.82) is 0 Å². The van der Waals surface area contributed by atoms with Crippen molar-refractivity contribution in [3.63, 3.8) is 0 Å². The highest BCUT2D eigenvalue weighted by molar-refractivity contribution is 9.10. The third-order valence-electron chi connectivity index (χ3n) is 2.66. The lowest BCUT2D eigenvalue weighted by Gasteiger charge is -2.27. The number of benzene rings is 1. The maximum absolute atomic E-state index is 11.7. The van der Waals surface area contributed by atoms with Gasteiger partial charge in [0.05, 0.1) is 12.1 Å². The van der Waals surface area contributed by atoms with Gasteiger partial charge in [0.15, 0.2) is 0 Å². The van der Waals surface area contributed by atoms with Gasteiger partial charge in [-0.25, -0.2) is 0 Å². The number of hydrogen-bond donors (Lipinski definition) is 0. The van der Waals surface area contributed by atoms with E-state index >= 15 is 0 Å². The van der Waals surface area contributed by atoms with E-state index in [0.717, 1.165) is 15.7 Å². The van der Waals surface area contributed by atoms with Gasteiger partial charge in [-0.1, -0.05) is 6.07 Å². The smallest absolute Gasteiger partial charge is 0.234 e. The van der Waals surface area contributed by atoms with Crippen LogP contribution < -0.4 is 4.90 Å². The fraction of sp³-hybridized carbons (Fsp3) is 0.333. The van der Waals surface area contributed by atoms with Gasteiger partial charge >= 0.3 is 0 Å². The maximum atomic E-state index is 11.7. The van der Waals surface area contributed by atoms with Gasteiger partial charge in [-0.3, -0.25) is 9.59 Å². The van der Waals surface area contributed by atoms with Crippen LogP contribution >= 0.6 is 15.9 Å². The van der Waals surface area contributed by atoms with Crippen LogP contribution in [0.2, 0.25) is 0 Å². The summed E-state index contributed by atoms with van der Waals surface area (Å²) in [5, 5.41) is 0. The summed E-state index contributed by atoms with van der Waals surface area (Å²) in [5.74, 6) is -0.0784. The van der Waals surface area contributed by atoms with E-state index in [1.165, 1.54) is 0 Å². The fourth-order valence-electron chi connectivity index (χ4n) is 1.80. The van der Waals surface area contributed by atoms with Crippen molar-refractivity contribution in [2.24, 2.45) is 0 Å². The number of carbonyl (C=O) groups is 2. The second kappa shape index (κ2) is 4.37. The molecule has 0 saturated carbocycles. The summed E-state index contributed by atoms with van der Waals surface area (Å²) in [4.78, 5) is 24.5. The molecule has 1 aromatic carbocycles. The number of hydrogen-bond acceptors (Lipinski definition) is 2. The Labute approximate surface area is 103 Å². The summed E-state index contributed by atoms with van der Waals surface area (Å²) in [7, 11) is 0. The summed E-state index contributed by atoms with van der Waals surface area (Å²) in [6.07, 6.45) is 0.479. The van der Waals surface area contributed by atoms with Crippen LogP contribution in [0.3, 0.4) is 0 Å². The number of amides is 1. The van der Waals surface area contributed by atoms with Crippen LogP contribution in [0.4, 0.5) is 5.69 Å². The largest absolute Gasteiger partial charge is 0.310 e. The summed E-state index contributed by atoms with van der Waals surface area (Å²) in [5.41, 5.74) is 1.99. The molecule has 0 aromatic heterocycles. The Morgan fingerprint density at radius 2 is 2.06 bits per heavy atom. The zero-order valence-corrected chi connectivity index (χ0v) is 10.6. The number of carbonyl (C=O) groups excluding carboxylic acids is 2. The number of piperidine rings is 1. The zero-order chi connectivity index (χ0) is 11.7. The van der Waals surface area contributed by atoms with E-state index in [-0.39, 0.29) is 18.1 Å². The van der Waals surface area contributed by atoms with E-state index in [0.29, 0.717) is 13.0 Å². The van der Waals surface area contributed by atoms with Crippen molar-refractivity contribution in [2.45, 2.75) is 19.8 Å². The van der Waals surface area contributed by atoms with Crippen molar-refractivity contribution in [2.75, 3.05) is 11.4 Å². The molecule has 0 N–H and O–H groups in total. The molecule has 1 heterocycles. The minimum Gasteiger partial charge on any atom is -0.310 e. The van der Waals surface area contributed by atoms with E-state index < -0.39 is 0 Å². The van der Waals surface area contributed by atoms with Crippen molar-refractivity contribution in [1.82, 2.24) is 0 Å². The quantitative estimate of drug-likeness (QED) is 0.742. The highest BCUT2D eigenvalue weighted by Gasteiger charge is 2.25. The molecule has 0 spiro atoms. The van der Waals surface area contributed by atoms with Gasteiger partial charge < -0.3 is 4.90 Å². The SMILES string of the molecule is Cc1ccc(N2CCC(=O)CC2=O)c(Br)c1. The molecule has 0 aliphatic carbocycles. The number of aryl methyl sites for hydroxylation is 1. The number of nitrogens with zero attached hydrogens (tertiary/aromatic N) is 1. The van der Waals surface area contributed by atoms with Crippen LogP contribution in [0.1, 0.15) is 18.4 Å². The second-order valence-corrected chi connectivity index (χ2v) is 4.82. The van der Waals surface area contributed by atoms with E-state index in [4.69, 9.17) is 0 Å². The van der Waals surface area contributed by atoms with Crippen LogP contribution in [0.15, 0.2) is 22.7 Å². The Bertz CT molecular complexity index is 456. The monoisotopic (exact) mass is 281 g/mol. The molecule has 1 fully saturated rings. The van der Waals surface area contributed by atoms with E-state index in [1.807, 2.05) is 25.1 Å². The summed E-state index contributed by atoms with van der Waals surface area (Å²) in [6.45, 7) is 2.48. The lowest BCUT2D eigenvalue weighted by molar-refractivity contribution is -0.128. The van der Waals surface area contributed by atoms with Crippen LogP contribution in [0.25, 0.3) is 0 Å². The number of rotatable bonds is 1. The average Bonchev–Trinajstić information content (AvgIpc) is 2.19. The Balaban J connectivity index is 2.30. The average molecular weight is 282 g/mol. The van der Waals surface area contributed by atoms with E-state index in [9.17, 15) is 9.59 Å². The fourth-order valence-corrected chi connectivity index (χ4v) is 2.51. The standard InChI is InChI=1S/C12H12BrNO2/c1-8-2-3-11(10(13)6-8)14-5-4-9(15)7-12(14)16/h2-3,6H,4-5,7H2,1H3. The Morgan fingerprint density at radius 1 is 1.31 bits per heavy atom. The molecule has 0 atom stereocenters. The first kappa shape index (κ1) is 11.3. The Kier molecular flexibility index (Phi) is 3.10. The topological polar surface area (TPSA) is 37.4 Å². The first-order valence-electron chi connectivity index (χ1n) is 5.16. The lowest BCUT2D eigenvalue weighted by atomic mass is 10.1. The maximum Gasteiger partial charge on any atom is 0.234 e. The molecule has 4 heteroatoms. The molecule has 1 amide bonds. The van der Waals surface area contributed by atoms with Gasteiger partial charge in [-0.2, -0.15) is 0 Å². The molecule has 1 saturated heterocycles. The van der Waals surface area contributed by atoms with Crippen LogP contribution in [0, 0.1) is 6.92 Å². The Hall–Kier alpha value is -1.16. The molecular weight excluding hydrogens is 270 g/mol. The first-order valence-corrected chi connectivity index (χ1v) is 5.95. The molecule has 84 valence electrons. The van der Waals surface area contributed by atoms with Gasteiger partial charge in [-0.05, 0) is 40.5 Å². The molecular formula is C12H12BrNO2. The van der Waals surface area contributed by atoms with Gasteiger partial charge in [0, 0.05) is 17.4 Å². The molecule has 0 unspecified atom stereocenters.